The molecule has 1 aliphatic rings. The Morgan fingerprint density at radius 2 is 1.79 bits per heavy atom. The summed E-state index contributed by atoms with van der Waals surface area (Å²) in [5.41, 5.74) is 1.02. The fraction of sp³-hybridized carbons (Fsp3) is 0.556. The van der Waals surface area contributed by atoms with Crippen molar-refractivity contribution >= 4 is 11.8 Å². The van der Waals surface area contributed by atoms with E-state index in [0.717, 1.165) is 18.4 Å². The van der Waals surface area contributed by atoms with E-state index < -0.39 is 0 Å². The Kier molecular flexibility index (Phi) is 7.18. The van der Waals surface area contributed by atoms with Crippen molar-refractivity contribution in [3.63, 3.8) is 0 Å². The van der Waals surface area contributed by atoms with Crippen molar-refractivity contribution in [3.8, 4) is 0 Å². The number of quaternary nitrogens is 1. The van der Waals surface area contributed by atoms with Gasteiger partial charge in [0, 0.05) is 12.6 Å². The lowest BCUT2D eigenvalue weighted by Gasteiger charge is -2.31. The van der Waals surface area contributed by atoms with Crippen molar-refractivity contribution in [2.45, 2.75) is 44.7 Å². The fourth-order valence-corrected chi connectivity index (χ4v) is 3.26. The Balaban J connectivity index is 1.97. The molecule has 0 heterocycles. The summed E-state index contributed by atoms with van der Waals surface area (Å²) in [6.45, 7) is 1.03. The number of halogens is 1. The van der Waals surface area contributed by atoms with Gasteiger partial charge in [-0.1, -0.05) is 18.6 Å². The zero-order chi connectivity index (χ0) is 17.4. The third kappa shape index (κ3) is 5.92. The number of nitrogens with one attached hydrogen (secondary N) is 3. The Bertz CT molecular complexity index is 542. The predicted octanol–water partition coefficient (Wildman–Crippen LogP) is 0.406. The Morgan fingerprint density at radius 3 is 2.42 bits per heavy atom. The summed E-state index contributed by atoms with van der Waals surface area (Å²) in [6.07, 6.45) is 5.86. The second-order valence-corrected chi connectivity index (χ2v) is 6.42. The van der Waals surface area contributed by atoms with Crippen LogP contribution in [0.4, 0.5) is 4.39 Å². The van der Waals surface area contributed by atoms with Crippen LogP contribution in [0.1, 0.15) is 37.7 Å². The van der Waals surface area contributed by atoms with Gasteiger partial charge < -0.3 is 15.5 Å². The molecule has 5 nitrogen and oxygen atoms in total. The summed E-state index contributed by atoms with van der Waals surface area (Å²) in [7, 11) is 1.54. The fourth-order valence-electron chi connectivity index (χ4n) is 3.26. The van der Waals surface area contributed by atoms with Crippen LogP contribution >= 0.6 is 0 Å². The molecule has 0 spiro atoms. The van der Waals surface area contributed by atoms with Crippen LogP contribution in [0.15, 0.2) is 24.3 Å². The van der Waals surface area contributed by atoms with Gasteiger partial charge in [-0.3, -0.25) is 9.59 Å². The van der Waals surface area contributed by atoms with Crippen molar-refractivity contribution in [3.05, 3.63) is 35.6 Å². The maximum atomic E-state index is 13.1. The van der Waals surface area contributed by atoms with Crippen LogP contribution in [0.5, 0.6) is 0 Å². The summed E-state index contributed by atoms with van der Waals surface area (Å²) in [5, 5.41) is 5.15. The van der Waals surface area contributed by atoms with Gasteiger partial charge in [-0.2, -0.15) is 0 Å². The summed E-state index contributed by atoms with van der Waals surface area (Å²) in [5.74, 6) is -0.580. The van der Waals surface area contributed by atoms with E-state index in [1.54, 1.807) is 19.2 Å². The molecular formula is C18H27FN3O2+. The van der Waals surface area contributed by atoms with Gasteiger partial charge in [-0.15, -0.1) is 0 Å². The van der Waals surface area contributed by atoms with Gasteiger partial charge in [0.25, 0.3) is 5.91 Å². The minimum absolute atomic E-state index is 0.00380. The number of rotatable bonds is 7. The van der Waals surface area contributed by atoms with Gasteiger partial charge in [0.15, 0.2) is 6.54 Å². The highest BCUT2D eigenvalue weighted by atomic mass is 19.1. The number of carbonyl (C=O) groups is 2. The molecule has 0 aliphatic heterocycles. The van der Waals surface area contributed by atoms with E-state index in [4.69, 9.17) is 0 Å². The first-order chi connectivity index (χ1) is 11.6. The molecule has 0 saturated heterocycles. The monoisotopic (exact) mass is 336 g/mol. The van der Waals surface area contributed by atoms with Crippen molar-refractivity contribution in [2.75, 3.05) is 20.1 Å². The van der Waals surface area contributed by atoms with Crippen LogP contribution in [0.3, 0.4) is 0 Å². The highest BCUT2D eigenvalue weighted by Crippen LogP contribution is 2.15. The number of hydrogen-bond donors (Lipinski definition) is 3. The third-order valence-corrected chi connectivity index (χ3v) is 4.64. The van der Waals surface area contributed by atoms with Crippen LogP contribution < -0.4 is 15.5 Å². The molecule has 0 radical (unpaired) electrons. The zero-order valence-electron chi connectivity index (χ0n) is 14.2. The van der Waals surface area contributed by atoms with Crippen molar-refractivity contribution < 1.29 is 18.9 Å². The summed E-state index contributed by atoms with van der Waals surface area (Å²) < 4.78 is 13.1. The topological polar surface area (TPSA) is 62.6 Å². The SMILES string of the molecule is CNC(=O)CNC(=O)C[NH+](Cc1ccc(F)cc1)C1CCCCC1. The lowest BCUT2D eigenvalue weighted by Crippen LogP contribution is -3.15. The summed E-state index contributed by atoms with van der Waals surface area (Å²) >= 11 is 0. The highest BCUT2D eigenvalue weighted by Gasteiger charge is 2.26. The molecule has 132 valence electrons. The molecule has 1 aromatic carbocycles. The second kappa shape index (κ2) is 9.37. The van der Waals surface area contributed by atoms with E-state index in [-0.39, 0.29) is 24.2 Å². The van der Waals surface area contributed by atoms with Crippen molar-refractivity contribution in [1.29, 1.82) is 0 Å². The third-order valence-electron chi connectivity index (χ3n) is 4.64. The lowest BCUT2D eigenvalue weighted by molar-refractivity contribution is -0.932. The predicted molar refractivity (Wildman–Crippen MR) is 89.9 cm³/mol. The molecule has 0 aromatic heterocycles. The van der Waals surface area contributed by atoms with Crippen LogP contribution in [0.2, 0.25) is 0 Å². The standard InChI is InChI=1S/C18H26FN3O2/c1-20-17(23)11-21-18(24)13-22(16-5-3-2-4-6-16)12-14-7-9-15(19)10-8-14/h7-10,16H,2-6,11-13H2,1H3,(H,20,23)(H,21,24)/p+1. The Morgan fingerprint density at radius 1 is 1.12 bits per heavy atom. The molecule has 1 aromatic rings. The minimum Gasteiger partial charge on any atom is -0.358 e. The number of hydrogen-bond acceptors (Lipinski definition) is 2. The van der Waals surface area contributed by atoms with Crippen LogP contribution in [0, 0.1) is 5.82 Å². The van der Waals surface area contributed by atoms with Crippen molar-refractivity contribution in [2.24, 2.45) is 0 Å². The first-order valence-electron chi connectivity index (χ1n) is 8.65. The molecule has 2 amide bonds. The first-order valence-corrected chi connectivity index (χ1v) is 8.65. The molecule has 24 heavy (non-hydrogen) atoms. The number of amides is 2. The summed E-state index contributed by atoms with van der Waals surface area (Å²) in [6, 6.07) is 6.91. The number of likely N-dealkylation sites (N-methyl/N-ethyl adjacent to an activating group) is 1. The van der Waals surface area contributed by atoms with E-state index in [1.807, 2.05) is 0 Å². The molecular weight excluding hydrogens is 309 g/mol. The molecule has 1 fully saturated rings. The van der Waals surface area contributed by atoms with Gasteiger partial charge in [0.2, 0.25) is 5.91 Å². The molecule has 6 heteroatoms. The van der Waals surface area contributed by atoms with E-state index in [9.17, 15) is 14.0 Å². The van der Waals surface area contributed by atoms with Gasteiger partial charge in [0.05, 0.1) is 12.6 Å². The van der Waals surface area contributed by atoms with Gasteiger partial charge in [-0.05, 0) is 37.8 Å². The highest BCUT2D eigenvalue weighted by molar-refractivity contribution is 5.84. The molecule has 3 N–H and O–H groups in total. The molecule has 2 rings (SSSR count). The lowest BCUT2D eigenvalue weighted by atomic mass is 9.93. The normalized spacial score (nSPS) is 16.4. The molecule has 1 unspecified atom stereocenters. The molecule has 1 atom stereocenters. The number of benzene rings is 1. The van der Waals surface area contributed by atoms with Gasteiger partial charge >= 0.3 is 0 Å². The Hall–Kier alpha value is -1.95. The van der Waals surface area contributed by atoms with E-state index >= 15 is 0 Å². The van der Waals surface area contributed by atoms with Crippen molar-refractivity contribution in [1.82, 2.24) is 10.6 Å². The van der Waals surface area contributed by atoms with Gasteiger partial charge in [-0.25, -0.2) is 4.39 Å². The smallest absolute Gasteiger partial charge is 0.275 e. The molecule has 1 aliphatic carbocycles. The van der Waals surface area contributed by atoms with Crippen LogP contribution in [-0.2, 0) is 16.1 Å². The largest absolute Gasteiger partial charge is 0.358 e. The van der Waals surface area contributed by atoms with Gasteiger partial charge in [0.1, 0.15) is 12.4 Å². The maximum Gasteiger partial charge on any atom is 0.275 e. The second-order valence-electron chi connectivity index (χ2n) is 6.42. The Labute approximate surface area is 142 Å². The van der Waals surface area contributed by atoms with Crippen LogP contribution in [-0.4, -0.2) is 38.0 Å². The first kappa shape index (κ1) is 18.4. The molecule has 0 bridgehead atoms. The maximum absolute atomic E-state index is 13.1. The average molecular weight is 336 g/mol. The summed E-state index contributed by atoms with van der Waals surface area (Å²) in [4.78, 5) is 24.6. The number of carbonyl (C=O) groups excluding carboxylic acids is 2. The molecule has 1 saturated carbocycles. The average Bonchev–Trinajstić information content (AvgIpc) is 2.61. The van der Waals surface area contributed by atoms with E-state index in [2.05, 4.69) is 10.6 Å². The van der Waals surface area contributed by atoms with E-state index in [1.165, 1.54) is 36.3 Å². The zero-order valence-corrected chi connectivity index (χ0v) is 14.2. The minimum atomic E-state index is -0.249. The quantitative estimate of drug-likeness (QED) is 0.675. The van der Waals surface area contributed by atoms with Crippen LogP contribution in [0.25, 0.3) is 0 Å². The van der Waals surface area contributed by atoms with E-state index in [0.29, 0.717) is 19.1 Å².